The summed E-state index contributed by atoms with van der Waals surface area (Å²) in [4.78, 5) is 25.7. The van der Waals surface area contributed by atoms with Crippen molar-refractivity contribution >= 4 is 12.0 Å². The maximum Gasteiger partial charge on any atom is 0.409 e. The molecule has 0 bridgehead atoms. The van der Waals surface area contributed by atoms with Gasteiger partial charge < -0.3 is 15.0 Å². The van der Waals surface area contributed by atoms with Crippen LogP contribution in [-0.4, -0.2) is 57.6 Å². The number of carbonyl (C=O) groups is 2. The van der Waals surface area contributed by atoms with Crippen LogP contribution in [0.4, 0.5) is 4.79 Å². The Morgan fingerprint density at radius 3 is 2.64 bits per heavy atom. The number of nitrogens with zero attached hydrogens (tertiary/aromatic N) is 4. The number of hydrogen-bond acceptors (Lipinski definition) is 5. The van der Waals surface area contributed by atoms with E-state index in [-0.39, 0.29) is 23.7 Å². The second-order valence-electron chi connectivity index (χ2n) is 5.82. The fraction of sp³-hybridized carbons (Fsp3) is 0.412. The van der Waals surface area contributed by atoms with Crippen molar-refractivity contribution in [3.05, 3.63) is 42.2 Å². The van der Waals surface area contributed by atoms with Gasteiger partial charge in [0, 0.05) is 19.1 Å². The first kappa shape index (κ1) is 16.9. The van der Waals surface area contributed by atoms with Gasteiger partial charge in [-0.3, -0.25) is 4.79 Å². The molecular formula is C17H21N5O3. The smallest absolute Gasteiger partial charge is 0.409 e. The van der Waals surface area contributed by atoms with Gasteiger partial charge in [0.05, 0.1) is 18.5 Å². The van der Waals surface area contributed by atoms with Crippen molar-refractivity contribution in [2.75, 3.05) is 19.7 Å². The van der Waals surface area contributed by atoms with Gasteiger partial charge in [-0.1, -0.05) is 23.4 Å². The fourth-order valence-corrected chi connectivity index (χ4v) is 2.76. The van der Waals surface area contributed by atoms with E-state index in [1.165, 1.54) is 0 Å². The van der Waals surface area contributed by atoms with E-state index in [1.54, 1.807) is 22.7 Å². The van der Waals surface area contributed by atoms with Gasteiger partial charge in [-0.05, 0) is 31.9 Å². The van der Waals surface area contributed by atoms with Crippen LogP contribution in [0.15, 0.2) is 36.5 Å². The van der Waals surface area contributed by atoms with E-state index in [4.69, 9.17) is 4.74 Å². The minimum Gasteiger partial charge on any atom is -0.450 e. The van der Waals surface area contributed by atoms with Gasteiger partial charge >= 0.3 is 6.09 Å². The molecule has 1 fully saturated rings. The predicted octanol–water partition coefficient (Wildman–Crippen LogP) is 1.62. The molecule has 1 aliphatic heterocycles. The van der Waals surface area contributed by atoms with Gasteiger partial charge in [0.2, 0.25) is 0 Å². The van der Waals surface area contributed by atoms with E-state index in [1.807, 2.05) is 30.3 Å². The molecule has 0 unspecified atom stereocenters. The summed E-state index contributed by atoms with van der Waals surface area (Å²) in [5.41, 5.74) is 1.12. The molecule has 1 aliphatic rings. The number of para-hydroxylation sites is 1. The molecule has 8 heteroatoms. The monoisotopic (exact) mass is 343 g/mol. The molecular weight excluding hydrogens is 322 g/mol. The van der Waals surface area contributed by atoms with Gasteiger partial charge in [0.25, 0.3) is 5.91 Å². The van der Waals surface area contributed by atoms with E-state index in [0.29, 0.717) is 32.5 Å². The number of carbonyl (C=O) groups excluding carboxylic acids is 2. The molecule has 132 valence electrons. The lowest BCUT2D eigenvalue weighted by molar-refractivity contribution is 0.0856. The molecule has 0 atom stereocenters. The Labute approximate surface area is 145 Å². The van der Waals surface area contributed by atoms with Gasteiger partial charge in [-0.2, -0.15) is 0 Å². The van der Waals surface area contributed by atoms with Crippen LogP contribution >= 0.6 is 0 Å². The summed E-state index contributed by atoms with van der Waals surface area (Å²) in [6.45, 7) is 3.29. The van der Waals surface area contributed by atoms with Gasteiger partial charge in [-0.15, -0.1) is 5.10 Å². The number of amides is 2. The molecule has 1 N–H and O–H groups in total. The van der Waals surface area contributed by atoms with E-state index in [2.05, 4.69) is 15.6 Å². The molecule has 2 amide bonds. The first-order valence-corrected chi connectivity index (χ1v) is 8.37. The molecule has 8 nitrogen and oxygen atoms in total. The van der Waals surface area contributed by atoms with Crippen molar-refractivity contribution in [2.45, 2.75) is 25.8 Å². The van der Waals surface area contributed by atoms with E-state index < -0.39 is 0 Å². The average Bonchev–Trinajstić information content (AvgIpc) is 3.13. The first-order chi connectivity index (χ1) is 12.2. The molecule has 3 rings (SSSR count). The van der Waals surface area contributed by atoms with Crippen molar-refractivity contribution in [3.63, 3.8) is 0 Å². The van der Waals surface area contributed by atoms with Crippen LogP contribution < -0.4 is 5.32 Å². The highest BCUT2D eigenvalue weighted by atomic mass is 16.6. The number of likely N-dealkylation sites (tertiary alicyclic amines) is 1. The Bertz CT molecular complexity index is 723. The summed E-state index contributed by atoms with van der Waals surface area (Å²) in [6, 6.07) is 9.50. The lowest BCUT2D eigenvalue weighted by atomic mass is 10.1. The number of rotatable bonds is 4. The summed E-state index contributed by atoms with van der Waals surface area (Å²) in [5.74, 6) is -0.253. The lowest BCUT2D eigenvalue weighted by Crippen LogP contribution is -2.46. The number of nitrogens with one attached hydrogen (secondary N) is 1. The Hall–Kier alpha value is -2.90. The van der Waals surface area contributed by atoms with Crippen LogP contribution in [0.5, 0.6) is 0 Å². The van der Waals surface area contributed by atoms with E-state index >= 15 is 0 Å². The highest BCUT2D eigenvalue weighted by Gasteiger charge is 2.25. The van der Waals surface area contributed by atoms with Crippen LogP contribution in [0, 0.1) is 0 Å². The maximum atomic E-state index is 12.3. The normalized spacial score (nSPS) is 15.0. The zero-order valence-corrected chi connectivity index (χ0v) is 14.1. The average molecular weight is 343 g/mol. The number of benzene rings is 1. The maximum absolute atomic E-state index is 12.3. The quantitative estimate of drug-likeness (QED) is 0.911. The number of aromatic nitrogens is 3. The van der Waals surface area contributed by atoms with Crippen LogP contribution in [0.1, 0.15) is 30.3 Å². The first-order valence-electron chi connectivity index (χ1n) is 8.37. The van der Waals surface area contributed by atoms with Crippen LogP contribution in [0.3, 0.4) is 0 Å². The molecule has 1 aromatic carbocycles. The Morgan fingerprint density at radius 1 is 1.24 bits per heavy atom. The Morgan fingerprint density at radius 2 is 1.96 bits per heavy atom. The molecule has 25 heavy (non-hydrogen) atoms. The second kappa shape index (κ2) is 7.78. The number of piperidine rings is 1. The highest BCUT2D eigenvalue weighted by Crippen LogP contribution is 2.12. The van der Waals surface area contributed by atoms with Crippen molar-refractivity contribution in [1.82, 2.24) is 25.2 Å². The van der Waals surface area contributed by atoms with E-state index in [0.717, 1.165) is 5.69 Å². The lowest BCUT2D eigenvalue weighted by Gasteiger charge is -2.31. The fourth-order valence-electron chi connectivity index (χ4n) is 2.76. The van der Waals surface area contributed by atoms with Crippen molar-refractivity contribution in [2.24, 2.45) is 0 Å². The summed E-state index contributed by atoms with van der Waals surface area (Å²) in [6.07, 6.45) is 2.70. The summed E-state index contributed by atoms with van der Waals surface area (Å²) in [7, 11) is 0. The largest absolute Gasteiger partial charge is 0.450 e. The Kier molecular flexibility index (Phi) is 5.27. The number of ether oxygens (including phenoxy) is 1. The highest BCUT2D eigenvalue weighted by molar-refractivity contribution is 5.92. The zero-order chi connectivity index (χ0) is 17.6. The molecule has 2 heterocycles. The molecule has 0 spiro atoms. The van der Waals surface area contributed by atoms with Gasteiger partial charge in [0.15, 0.2) is 5.69 Å². The van der Waals surface area contributed by atoms with E-state index in [9.17, 15) is 9.59 Å². The topological polar surface area (TPSA) is 89.4 Å². The molecule has 2 aromatic rings. The molecule has 0 saturated carbocycles. The number of hydrogen-bond donors (Lipinski definition) is 1. The van der Waals surface area contributed by atoms with Crippen LogP contribution in [0.25, 0.3) is 5.69 Å². The minimum absolute atomic E-state index is 0.0139. The predicted molar refractivity (Wildman–Crippen MR) is 90.4 cm³/mol. The van der Waals surface area contributed by atoms with Crippen LogP contribution in [-0.2, 0) is 4.74 Å². The van der Waals surface area contributed by atoms with Gasteiger partial charge in [-0.25, -0.2) is 9.48 Å². The summed E-state index contributed by atoms with van der Waals surface area (Å²) in [5, 5.41) is 10.9. The molecule has 0 aliphatic carbocycles. The second-order valence-corrected chi connectivity index (χ2v) is 5.82. The molecule has 0 radical (unpaired) electrons. The Balaban J connectivity index is 1.54. The van der Waals surface area contributed by atoms with Crippen molar-refractivity contribution in [1.29, 1.82) is 0 Å². The SMILES string of the molecule is CCOC(=O)N1CCC(NC(=O)c2cn(-c3ccccc3)nn2)CC1. The van der Waals surface area contributed by atoms with Crippen molar-refractivity contribution < 1.29 is 14.3 Å². The zero-order valence-electron chi connectivity index (χ0n) is 14.1. The summed E-state index contributed by atoms with van der Waals surface area (Å²) >= 11 is 0. The molecule has 1 aromatic heterocycles. The molecule has 1 saturated heterocycles. The van der Waals surface area contributed by atoms with Gasteiger partial charge in [0.1, 0.15) is 0 Å². The third kappa shape index (κ3) is 4.14. The standard InChI is InChI=1S/C17H21N5O3/c1-2-25-17(24)21-10-8-13(9-11-21)18-16(23)15-12-22(20-19-15)14-6-4-3-5-7-14/h3-7,12-13H,2,8-11H2,1H3,(H,18,23). The third-order valence-corrected chi connectivity index (χ3v) is 4.10. The minimum atomic E-state index is -0.293. The summed E-state index contributed by atoms with van der Waals surface area (Å²) < 4.78 is 6.56. The third-order valence-electron chi connectivity index (χ3n) is 4.10. The van der Waals surface area contributed by atoms with Crippen LogP contribution in [0.2, 0.25) is 0 Å². The van der Waals surface area contributed by atoms with Crippen molar-refractivity contribution in [3.8, 4) is 5.69 Å².